The van der Waals surface area contributed by atoms with E-state index in [2.05, 4.69) is 15.2 Å². The summed E-state index contributed by atoms with van der Waals surface area (Å²) in [5.74, 6) is 0.0351. The van der Waals surface area contributed by atoms with Gasteiger partial charge in [-0.05, 0) is 19.1 Å². The number of aromatic nitrogens is 4. The molecule has 0 N–H and O–H groups in total. The molecule has 0 fully saturated rings. The minimum atomic E-state index is -0.294. The molecule has 2 aromatic heterocycles. The first-order chi connectivity index (χ1) is 10.7. The van der Waals surface area contributed by atoms with Crippen molar-refractivity contribution >= 4 is 11.6 Å². The van der Waals surface area contributed by atoms with Gasteiger partial charge in [-0.3, -0.25) is 14.2 Å². The smallest absolute Gasteiger partial charge is 0.216 e. The van der Waals surface area contributed by atoms with E-state index in [-0.39, 0.29) is 34.1 Å². The summed E-state index contributed by atoms with van der Waals surface area (Å²) in [7, 11) is 0. The van der Waals surface area contributed by atoms with Gasteiger partial charge in [-0.2, -0.15) is 10.2 Å². The zero-order chi connectivity index (χ0) is 15.3. The third kappa shape index (κ3) is 1.57. The molecule has 1 aliphatic rings. The SMILES string of the molecule is Cc1nc2c(n1-c1ccccc1)C(=O)c1cnncc1C2=O. The van der Waals surface area contributed by atoms with E-state index in [9.17, 15) is 9.59 Å². The van der Waals surface area contributed by atoms with Crippen molar-refractivity contribution < 1.29 is 9.59 Å². The Kier molecular flexibility index (Phi) is 2.53. The van der Waals surface area contributed by atoms with E-state index in [1.165, 1.54) is 12.4 Å². The van der Waals surface area contributed by atoms with Crippen molar-refractivity contribution in [2.75, 3.05) is 0 Å². The largest absolute Gasteiger partial charge is 0.293 e. The second-order valence-corrected chi connectivity index (χ2v) is 5.00. The van der Waals surface area contributed by atoms with Gasteiger partial charge in [-0.1, -0.05) is 18.2 Å². The number of ketones is 2. The van der Waals surface area contributed by atoms with E-state index in [0.29, 0.717) is 5.82 Å². The predicted molar refractivity (Wildman–Crippen MR) is 77.2 cm³/mol. The first kappa shape index (κ1) is 12.6. The van der Waals surface area contributed by atoms with Crippen LogP contribution in [0.25, 0.3) is 5.69 Å². The van der Waals surface area contributed by atoms with Crippen LogP contribution in [0.3, 0.4) is 0 Å². The number of rotatable bonds is 1. The maximum absolute atomic E-state index is 12.8. The van der Waals surface area contributed by atoms with Gasteiger partial charge in [0.2, 0.25) is 11.6 Å². The van der Waals surface area contributed by atoms with Gasteiger partial charge >= 0.3 is 0 Å². The number of para-hydroxylation sites is 1. The average Bonchev–Trinajstić information content (AvgIpc) is 2.91. The third-order valence-electron chi connectivity index (χ3n) is 3.71. The summed E-state index contributed by atoms with van der Waals surface area (Å²) < 4.78 is 1.71. The van der Waals surface area contributed by atoms with Crippen LogP contribution < -0.4 is 0 Å². The second kappa shape index (κ2) is 4.42. The van der Waals surface area contributed by atoms with Crippen molar-refractivity contribution in [3.8, 4) is 5.69 Å². The van der Waals surface area contributed by atoms with Gasteiger partial charge in [-0.15, -0.1) is 0 Å². The molecule has 0 bridgehead atoms. The first-order valence-electron chi connectivity index (χ1n) is 6.73. The maximum atomic E-state index is 12.8. The number of imidazole rings is 1. The Balaban J connectivity index is 2.03. The summed E-state index contributed by atoms with van der Waals surface area (Å²) in [6, 6.07) is 9.37. The number of aryl methyl sites for hydroxylation is 1. The van der Waals surface area contributed by atoms with E-state index in [1.807, 2.05) is 30.3 Å². The fraction of sp³-hybridized carbons (Fsp3) is 0.0625. The molecule has 6 heteroatoms. The fourth-order valence-electron chi connectivity index (χ4n) is 2.73. The van der Waals surface area contributed by atoms with Crippen LogP contribution in [-0.2, 0) is 0 Å². The lowest BCUT2D eigenvalue weighted by Crippen LogP contribution is -2.23. The van der Waals surface area contributed by atoms with Crippen molar-refractivity contribution in [1.82, 2.24) is 19.7 Å². The molecule has 3 aromatic rings. The highest BCUT2D eigenvalue weighted by atomic mass is 16.1. The van der Waals surface area contributed by atoms with Crippen LogP contribution in [0.4, 0.5) is 0 Å². The molecule has 1 aliphatic carbocycles. The molecule has 0 amide bonds. The first-order valence-corrected chi connectivity index (χ1v) is 6.73. The van der Waals surface area contributed by atoms with Crippen LogP contribution in [0.1, 0.15) is 37.9 Å². The minimum Gasteiger partial charge on any atom is -0.293 e. The molecule has 2 heterocycles. The zero-order valence-electron chi connectivity index (χ0n) is 11.6. The highest BCUT2D eigenvalue weighted by Gasteiger charge is 2.36. The quantitative estimate of drug-likeness (QED) is 0.533. The van der Waals surface area contributed by atoms with Gasteiger partial charge in [0.25, 0.3) is 0 Å². The molecule has 0 saturated heterocycles. The number of carbonyl (C=O) groups is 2. The molecule has 1 aromatic carbocycles. The number of fused-ring (bicyclic) bond motifs is 2. The summed E-state index contributed by atoms with van der Waals surface area (Å²) in [6.07, 6.45) is 2.64. The Bertz CT molecular complexity index is 929. The summed E-state index contributed by atoms with van der Waals surface area (Å²) >= 11 is 0. The topological polar surface area (TPSA) is 77.7 Å². The van der Waals surface area contributed by atoms with Gasteiger partial charge in [0.05, 0.1) is 23.5 Å². The molecule has 0 spiro atoms. The van der Waals surface area contributed by atoms with E-state index >= 15 is 0 Å². The van der Waals surface area contributed by atoms with Crippen LogP contribution in [0.2, 0.25) is 0 Å². The molecule has 106 valence electrons. The molecule has 0 aliphatic heterocycles. The number of carbonyl (C=O) groups excluding carboxylic acids is 2. The normalized spacial score (nSPS) is 13.0. The lowest BCUT2D eigenvalue weighted by molar-refractivity contribution is 0.0971. The van der Waals surface area contributed by atoms with Gasteiger partial charge in [-0.25, -0.2) is 4.98 Å². The Morgan fingerprint density at radius 1 is 0.909 bits per heavy atom. The minimum absolute atomic E-state index is 0.173. The summed E-state index contributed by atoms with van der Waals surface area (Å²) in [4.78, 5) is 29.6. The van der Waals surface area contributed by atoms with E-state index in [4.69, 9.17) is 0 Å². The van der Waals surface area contributed by atoms with Crippen molar-refractivity contribution in [3.63, 3.8) is 0 Å². The Morgan fingerprint density at radius 2 is 1.55 bits per heavy atom. The van der Waals surface area contributed by atoms with Crippen LogP contribution in [0, 0.1) is 6.92 Å². The van der Waals surface area contributed by atoms with Crippen LogP contribution in [-0.4, -0.2) is 31.3 Å². The average molecular weight is 290 g/mol. The fourth-order valence-corrected chi connectivity index (χ4v) is 2.73. The lowest BCUT2D eigenvalue weighted by Gasteiger charge is -2.15. The van der Waals surface area contributed by atoms with E-state index < -0.39 is 0 Å². The molecule has 0 saturated carbocycles. The van der Waals surface area contributed by atoms with Gasteiger partial charge < -0.3 is 0 Å². The van der Waals surface area contributed by atoms with Crippen molar-refractivity contribution in [3.05, 3.63) is 71.1 Å². The Labute approximate surface area is 125 Å². The van der Waals surface area contributed by atoms with Crippen molar-refractivity contribution in [1.29, 1.82) is 0 Å². The predicted octanol–water partition coefficient (Wildman–Crippen LogP) is 1.75. The van der Waals surface area contributed by atoms with E-state index in [1.54, 1.807) is 11.5 Å². The molecule has 22 heavy (non-hydrogen) atoms. The van der Waals surface area contributed by atoms with Crippen LogP contribution in [0.5, 0.6) is 0 Å². The third-order valence-corrected chi connectivity index (χ3v) is 3.71. The Morgan fingerprint density at radius 3 is 2.23 bits per heavy atom. The number of hydrogen-bond acceptors (Lipinski definition) is 5. The highest BCUT2D eigenvalue weighted by Crippen LogP contribution is 2.28. The number of benzene rings is 1. The van der Waals surface area contributed by atoms with Crippen LogP contribution >= 0.6 is 0 Å². The maximum Gasteiger partial charge on any atom is 0.216 e. The molecular formula is C16H10N4O2. The van der Waals surface area contributed by atoms with Crippen LogP contribution in [0.15, 0.2) is 42.7 Å². The molecule has 4 rings (SSSR count). The zero-order valence-corrected chi connectivity index (χ0v) is 11.6. The van der Waals surface area contributed by atoms with Crippen molar-refractivity contribution in [2.45, 2.75) is 6.92 Å². The molecule has 6 nitrogen and oxygen atoms in total. The summed E-state index contributed by atoms with van der Waals surface area (Å²) in [5.41, 5.74) is 1.77. The monoisotopic (exact) mass is 290 g/mol. The number of hydrogen-bond donors (Lipinski definition) is 0. The van der Waals surface area contributed by atoms with E-state index in [0.717, 1.165) is 5.69 Å². The number of nitrogens with zero attached hydrogens (tertiary/aromatic N) is 4. The van der Waals surface area contributed by atoms with Gasteiger partial charge in [0.1, 0.15) is 17.2 Å². The molecule has 0 atom stereocenters. The van der Waals surface area contributed by atoms with Gasteiger partial charge in [0, 0.05) is 5.69 Å². The molecule has 0 unspecified atom stereocenters. The lowest BCUT2D eigenvalue weighted by atomic mass is 9.92. The second-order valence-electron chi connectivity index (χ2n) is 5.00. The van der Waals surface area contributed by atoms with Gasteiger partial charge in [0.15, 0.2) is 0 Å². The molecule has 0 radical (unpaired) electrons. The summed E-state index contributed by atoms with van der Waals surface area (Å²) in [5, 5.41) is 7.40. The molecular weight excluding hydrogens is 280 g/mol. The summed E-state index contributed by atoms with van der Waals surface area (Å²) in [6.45, 7) is 1.77. The standard InChI is InChI=1S/C16H10N4O2/c1-9-19-13-14(20(9)10-5-3-2-4-6-10)16(22)12-8-18-17-7-11(12)15(13)21/h2-8H,1H3. The Hall–Kier alpha value is -3.15. The highest BCUT2D eigenvalue weighted by molar-refractivity contribution is 6.27. The van der Waals surface area contributed by atoms with Crippen molar-refractivity contribution in [2.24, 2.45) is 0 Å².